The fourth-order valence-electron chi connectivity index (χ4n) is 9.75. The molecule has 4 aromatic rings. The van der Waals surface area contributed by atoms with Crippen molar-refractivity contribution < 1.29 is 0 Å². The summed E-state index contributed by atoms with van der Waals surface area (Å²) in [5.74, 6) is 0.823. The summed E-state index contributed by atoms with van der Waals surface area (Å²) >= 11 is 0. The van der Waals surface area contributed by atoms with Crippen molar-refractivity contribution in [3.8, 4) is 11.1 Å². The average Bonchev–Trinajstić information content (AvgIpc) is 3.28. The molecular weight excluding hydrogens is 701 g/mol. The van der Waals surface area contributed by atoms with Gasteiger partial charge >= 0.3 is 0 Å². The Morgan fingerprint density at radius 1 is 0.672 bits per heavy atom. The molecule has 3 unspecified atom stereocenters. The van der Waals surface area contributed by atoms with Crippen LogP contribution in [0.4, 0.5) is 22.7 Å². The Labute approximate surface area is 343 Å². The molecular formula is C56H48N2. The zero-order chi connectivity index (χ0) is 39.0. The van der Waals surface area contributed by atoms with Crippen LogP contribution in [-0.4, -0.2) is 6.04 Å². The molecule has 0 aromatic heterocycles. The molecule has 2 heteroatoms. The average molecular weight is 749 g/mol. The predicted octanol–water partition coefficient (Wildman–Crippen LogP) is 14.5. The molecule has 10 rings (SSSR count). The molecule has 3 atom stereocenters. The highest BCUT2D eigenvalue weighted by atomic mass is 15.2. The van der Waals surface area contributed by atoms with Crippen molar-refractivity contribution in [3.63, 3.8) is 0 Å². The first-order valence-electron chi connectivity index (χ1n) is 20.8. The van der Waals surface area contributed by atoms with Gasteiger partial charge in [0.25, 0.3) is 0 Å². The molecule has 0 heterocycles. The minimum atomic E-state index is 0.0493. The maximum Gasteiger partial charge on any atom is 0.0554 e. The van der Waals surface area contributed by atoms with Crippen molar-refractivity contribution in [1.82, 2.24) is 0 Å². The van der Waals surface area contributed by atoms with Gasteiger partial charge in [0.2, 0.25) is 0 Å². The lowest BCUT2D eigenvalue weighted by Crippen LogP contribution is -2.36. The van der Waals surface area contributed by atoms with Crippen molar-refractivity contribution in [1.29, 1.82) is 0 Å². The van der Waals surface area contributed by atoms with Gasteiger partial charge in [-0.3, -0.25) is 0 Å². The first-order valence-corrected chi connectivity index (χ1v) is 20.8. The number of benzene rings is 4. The Kier molecular flexibility index (Phi) is 9.47. The van der Waals surface area contributed by atoms with Crippen LogP contribution >= 0.6 is 0 Å². The standard InChI is InChI=1S/C56H48N2/c1-3-15-47(4-2)57(54-38-46-22-13-19-42-26-27-43-20-14-25-51(54)56(43)55(42)46)49-32-28-39(29-33-49)40-30-34-50(35-31-40)58(48-23-10-7-11-24-48)53-37-44-21-12-18-41-16-8-5-6-9-17-45(53)36-52(41)44/h3-14,19,21-38,41,47,55H,1-2,15-18,20H2/b8-5+,9-6-. The van der Waals surface area contributed by atoms with Gasteiger partial charge in [-0.1, -0.05) is 140 Å². The van der Waals surface area contributed by atoms with Crippen molar-refractivity contribution >= 4 is 28.8 Å². The molecule has 282 valence electrons. The topological polar surface area (TPSA) is 6.48 Å². The van der Waals surface area contributed by atoms with E-state index in [1.807, 2.05) is 6.08 Å². The summed E-state index contributed by atoms with van der Waals surface area (Å²) in [4.78, 5) is 4.91. The van der Waals surface area contributed by atoms with Crippen LogP contribution in [0.3, 0.4) is 0 Å². The molecule has 0 fully saturated rings. The van der Waals surface area contributed by atoms with E-state index < -0.39 is 0 Å². The molecule has 0 amide bonds. The number of hydrogen-bond acceptors (Lipinski definition) is 2. The third kappa shape index (κ3) is 6.39. The molecule has 0 radical (unpaired) electrons. The Morgan fingerprint density at radius 2 is 1.43 bits per heavy atom. The minimum absolute atomic E-state index is 0.0493. The number of fused-ring (bicyclic) bond motifs is 1. The molecule has 2 bridgehead atoms. The van der Waals surface area contributed by atoms with Crippen LogP contribution in [0.1, 0.15) is 48.3 Å². The summed E-state index contributed by atoms with van der Waals surface area (Å²) in [6.07, 6.45) is 41.1. The van der Waals surface area contributed by atoms with E-state index in [1.165, 1.54) is 67.1 Å². The van der Waals surface area contributed by atoms with Gasteiger partial charge in [-0.2, -0.15) is 0 Å². The normalized spacial score (nSPS) is 21.0. The second-order valence-electron chi connectivity index (χ2n) is 16.0. The van der Waals surface area contributed by atoms with Crippen molar-refractivity contribution in [2.24, 2.45) is 5.92 Å². The van der Waals surface area contributed by atoms with Gasteiger partial charge in [-0.25, -0.2) is 0 Å². The minimum Gasteiger partial charge on any atom is -0.334 e. The van der Waals surface area contributed by atoms with Crippen LogP contribution in [0.5, 0.6) is 0 Å². The van der Waals surface area contributed by atoms with Gasteiger partial charge in [0.1, 0.15) is 0 Å². The van der Waals surface area contributed by atoms with Crippen molar-refractivity contribution in [2.75, 3.05) is 9.80 Å². The van der Waals surface area contributed by atoms with Crippen LogP contribution in [-0.2, 0) is 6.42 Å². The highest BCUT2D eigenvalue weighted by molar-refractivity contribution is 5.83. The van der Waals surface area contributed by atoms with E-state index in [1.54, 1.807) is 0 Å². The Morgan fingerprint density at radius 3 is 2.22 bits per heavy atom. The lowest BCUT2D eigenvalue weighted by Gasteiger charge is -2.42. The fourth-order valence-corrected chi connectivity index (χ4v) is 9.75. The molecule has 0 saturated heterocycles. The van der Waals surface area contributed by atoms with E-state index >= 15 is 0 Å². The number of nitrogens with zero attached hydrogens (tertiary/aromatic N) is 2. The SMILES string of the molecule is C=CCC(C=C)N(C1=CC2=CC=CC3=CC=C4CC=CC1=C4C32)c1ccc(-c2ccc(N(c3ccccc3)c3cc4c5cc3C/C=C\C=C\CC5CC=C4)cc2)cc1. The number of allylic oxidation sites excluding steroid dienone is 17. The first-order chi connectivity index (χ1) is 28.7. The number of anilines is 4. The molecule has 6 aliphatic rings. The Balaban J connectivity index is 1.01. The molecule has 0 aliphatic heterocycles. The van der Waals surface area contributed by atoms with Gasteiger partial charge in [0.05, 0.1) is 11.7 Å². The molecule has 0 spiro atoms. The van der Waals surface area contributed by atoms with E-state index in [0.717, 1.165) is 49.2 Å². The third-order valence-corrected chi connectivity index (χ3v) is 12.6. The number of para-hydroxylation sites is 1. The molecule has 4 aromatic carbocycles. The van der Waals surface area contributed by atoms with E-state index in [9.17, 15) is 0 Å². The lowest BCUT2D eigenvalue weighted by molar-refractivity contribution is 0.703. The summed E-state index contributed by atoms with van der Waals surface area (Å²) in [5, 5.41) is 0. The summed E-state index contributed by atoms with van der Waals surface area (Å²) < 4.78 is 0. The maximum absolute atomic E-state index is 4.32. The monoisotopic (exact) mass is 748 g/mol. The maximum atomic E-state index is 4.32. The summed E-state index contributed by atoms with van der Waals surface area (Å²) in [6.45, 7) is 8.45. The van der Waals surface area contributed by atoms with Gasteiger partial charge in [-0.05, 0) is 137 Å². The van der Waals surface area contributed by atoms with Crippen LogP contribution in [0.15, 0.2) is 229 Å². The molecule has 6 aliphatic carbocycles. The number of rotatable bonds is 10. The van der Waals surface area contributed by atoms with E-state index in [4.69, 9.17) is 0 Å². The van der Waals surface area contributed by atoms with E-state index in [-0.39, 0.29) is 6.04 Å². The van der Waals surface area contributed by atoms with Gasteiger partial charge in [0, 0.05) is 34.3 Å². The molecule has 0 saturated carbocycles. The highest BCUT2D eigenvalue weighted by Crippen LogP contribution is 2.50. The van der Waals surface area contributed by atoms with E-state index in [0.29, 0.717) is 11.8 Å². The van der Waals surface area contributed by atoms with Gasteiger partial charge in [0.15, 0.2) is 0 Å². The first kappa shape index (κ1) is 35.8. The van der Waals surface area contributed by atoms with Crippen molar-refractivity contribution in [2.45, 2.75) is 44.1 Å². The van der Waals surface area contributed by atoms with E-state index in [2.05, 4.69) is 205 Å². The zero-order valence-electron chi connectivity index (χ0n) is 33.0. The second-order valence-corrected chi connectivity index (χ2v) is 16.0. The number of hydrogen-bond donors (Lipinski definition) is 0. The highest BCUT2D eigenvalue weighted by Gasteiger charge is 2.37. The third-order valence-electron chi connectivity index (χ3n) is 12.6. The Bertz CT molecular complexity index is 2610. The molecule has 0 N–H and O–H groups in total. The molecule has 58 heavy (non-hydrogen) atoms. The summed E-state index contributed by atoms with van der Waals surface area (Å²) in [6, 6.07) is 33.9. The smallest absolute Gasteiger partial charge is 0.0554 e. The quantitative estimate of drug-likeness (QED) is 0.149. The van der Waals surface area contributed by atoms with Crippen LogP contribution in [0.2, 0.25) is 0 Å². The van der Waals surface area contributed by atoms with Crippen LogP contribution in [0.25, 0.3) is 17.2 Å². The van der Waals surface area contributed by atoms with Gasteiger partial charge < -0.3 is 9.80 Å². The fraction of sp³-hybridized carbons (Fsp3) is 0.143. The van der Waals surface area contributed by atoms with Crippen LogP contribution < -0.4 is 9.80 Å². The largest absolute Gasteiger partial charge is 0.334 e. The second kappa shape index (κ2) is 15.4. The van der Waals surface area contributed by atoms with Crippen LogP contribution in [0, 0.1) is 5.92 Å². The van der Waals surface area contributed by atoms with Gasteiger partial charge in [-0.15, -0.1) is 13.2 Å². The lowest BCUT2D eigenvalue weighted by atomic mass is 9.68. The summed E-state index contributed by atoms with van der Waals surface area (Å²) in [5.41, 5.74) is 19.3. The molecule has 2 nitrogen and oxygen atoms in total. The zero-order valence-corrected chi connectivity index (χ0v) is 33.0. The Hall–Kier alpha value is -6.64. The predicted molar refractivity (Wildman–Crippen MR) is 247 cm³/mol. The summed E-state index contributed by atoms with van der Waals surface area (Å²) in [7, 11) is 0. The van der Waals surface area contributed by atoms with Crippen molar-refractivity contribution in [3.05, 3.63) is 246 Å².